The number of aryl methyl sites for hydroxylation is 1. The highest BCUT2D eigenvalue weighted by atomic mass is 16.4. The summed E-state index contributed by atoms with van der Waals surface area (Å²) in [5.74, 6) is -1.09. The molecule has 0 saturated heterocycles. The highest BCUT2D eigenvalue weighted by Crippen LogP contribution is 2.31. The van der Waals surface area contributed by atoms with Crippen LogP contribution in [-0.4, -0.2) is 29.1 Å². The molecule has 0 aromatic heterocycles. The van der Waals surface area contributed by atoms with E-state index in [0.29, 0.717) is 12.8 Å². The summed E-state index contributed by atoms with van der Waals surface area (Å²) in [6.45, 7) is 2.07. The van der Waals surface area contributed by atoms with Gasteiger partial charge in [-0.25, -0.2) is 0 Å². The molecule has 0 aliphatic heterocycles. The summed E-state index contributed by atoms with van der Waals surface area (Å²) in [4.78, 5) is 23.0. The highest BCUT2D eigenvalue weighted by molar-refractivity contribution is 5.93. The summed E-state index contributed by atoms with van der Waals surface area (Å²) in [5, 5.41) is 14.8. The molecule has 0 spiro atoms. The number of carbonyl (C=O) groups is 2. The van der Waals surface area contributed by atoms with Crippen molar-refractivity contribution in [2.75, 3.05) is 11.9 Å². The Kier molecular flexibility index (Phi) is 4.39. The van der Waals surface area contributed by atoms with Gasteiger partial charge in [-0.2, -0.15) is 0 Å². The zero-order valence-electron chi connectivity index (χ0n) is 11.6. The van der Waals surface area contributed by atoms with E-state index in [1.54, 1.807) is 0 Å². The molecule has 1 aliphatic rings. The molecule has 5 heteroatoms. The minimum absolute atomic E-state index is 0.0165. The monoisotopic (exact) mass is 276 g/mol. The SMILES string of the molecule is CCc1cccc(NC(=O)CNC2(C(=O)O)CCC2)c1. The van der Waals surface area contributed by atoms with Gasteiger partial charge in [0.1, 0.15) is 5.54 Å². The fraction of sp³-hybridized carbons (Fsp3) is 0.467. The van der Waals surface area contributed by atoms with Gasteiger partial charge in [-0.15, -0.1) is 0 Å². The van der Waals surface area contributed by atoms with Crippen molar-refractivity contribution in [2.24, 2.45) is 0 Å². The Morgan fingerprint density at radius 2 is 2.10 bits per heavy atom. The first-order valence-electron chi connectivity index (χ1n) is 6.93. The topological polar surface area (TPSA) is 78.4 Å². The lowest BCUT2D eigenvalue weighted by Crippen LogP contribution is -2.58. The molecule has 108 valence electrons. The molecular weight excluding hydrogens is 256 g/mol. The van der Waals surface area contributed by atoms with Gasteiger partial charge in [-0.05, 0) is 43.4 Å². The van der Waals surface area contributed by atoms with Crippen LogP contribution in [0, 0.1) is 0 Å². The van der Waals surface area contributed by atoms with Crippen molar-refractivity contribution >= 4 is 17.6 Å². The average Bonchev–Trinajstić information content (AvgIpc) is 2.37. The minimum atomic E-state index is -0.900. The van der Waals surface area contributed by atoms with E-state index in [4.69, 9.17) is 5.11 Å². The van der Waals surface area contributed by atoms with Crippen LogP contribution < -0.4 is 10.6 Å². The molecule has 1 saturated carbocycles. The first kappa shape index (κ1) is 14.5. The van der Waals surface area contributed by atoms with Crippen LogP contribution in [0.25, 0.3) is 0 Å². The Labute approximate surface area is 118 Å². The van der Waals surface area contributed by atoms with Crippen LogP contribution in [0.4, 0.5) is 5.69 Å². The summed E-state index contributed by atoms with van der Waals surface area (Å²) in [5.41, 5.74) is 0.994. The second kappa shape index (κ2) is 6.05. The molecule has 1 aromatic rings. The lowest BCUT2D eigenvalue weighted by Gasteiger charge is -2.38. The summed E-state index contributed by atoms with van der Waals surface area (Å²) < 4.78 is 0. The molecule has 1 fully saturated rings. The predicted octanol–water partition coefficient (Wildman–Crippen LogP) is 1.78. The quantitative estimate of drug-likeness (QED) is 0.740. The first-order valence-corrected chi connectivity index (χ1v) is 6.93. The fourth-order valence-electron chi connectivity index (χ4n) is 2.32. The van der Waals surface area contributed by atoms with Gasteiger partial charge in [0.15, 0.2) is 0 Å². The Hall–Kier alpha value is -1.88. The number of benzene rings is 1. The van der Waals surface area contributed by atoms with Crippen LogP contribution in [0.3, 0.4) is 0 Å². The third-order valence-corrected chi connectivity index (χ3v) is 3.82. The van der Waals surface area contributed by atoms with Gasteiger partial charge in [-0.1, -0.05) is 19.1 Å². The van der Waals surface area contributed by atoms with E-state index in [9.17, 15) is 9.59 Å². The van der Waals surface area contributed by atoms with Crippen LogP contribution in [0.5, 0.6) is 0 Å². The minimum Gasteiger partial charge on any atom is -0.480 e. The number of carboxylic acids is 1. The molecule has 0 heterocycles. The van der Waals surface area contributed by atoms with E-state index in [0.717, 1.165) is 24.1 Å². The van der Waals surface area contributed by atoms with Gasteiger partial charge in [-0.3, -0.25) is 14.9 Å². The summed E-state index contributed by atoms with van der Waals surface area (Å²) >= 11 is 0. The third kappa shape index (κ3) is 3.17. The van der Waals surface area contributed by atoms with Gasteiger partial charge < -0.3 is 10.4 Å². The maximum absolute atomic E-state index is 11.9. The van der Waals surface area contributed by atoms with Gasteiger partial charge in [0.25, 0.3) is 0 Å². The number of nitrogens with one attached hydrogen (secondary N) is 2. The van der Waals surface area contributed by atoms with Crippen molar-refractivity contribution in [3.63, 3.8) is 0 Å². The van der Waals surface area contributed by atoms with E-state index in [1.165, 1.54) is 0 Å². The van der Waals surface area contributed by atoms with Crippen LogP contribution in [-0.2, 0) is 16.0 Å². The smallest absolute Gasteiger partial charge is 0.323 e. The summed E-state index contributed by atoms with van der Waals surface area (Å²) in [6.07, 6.45) is 2.96. The van der Waals surface area contributed by atoms with Gasteiger partial charge in [0.2, 0.25) is 5.91 Å². The number of hydrogen-bond acceptors (Lipinski definition) is 3. The number of carboxylic acid groups (broad SMARTS) is 1. The van der Waals surface area contributed by atoms with Crippen LogP contribution in [0.15, 0.2) is 24.3 Å². The molecule has 1 aliphatic carbocycles. The van der Waals surface area contributed by atoms with E-state index < -0.39 is 11.5 Å². The highest BCUT2D eigenvalue weighted by Gasteiger charge is 2.44. The zero-order chi connectivity index (χ0) is 14.6. The van der Waals surface area contributed by atoms with Crippen molar-refractivity contribution < 1.29 is 14.7 Å². The Morgan fingerprint density at radius 1 is 1.35 bits per heavy atom. The normalized spacial score (nSPS) is 16.2. The fourth-order valence-corrected chi connectivity index (χ4v) is 2.32. The standard InChI is InChI=1S/C15H20N2O3/c1-2-11-5-3-6-12(9-11)17-13(18)10-16-15(14(19)20)7-4-8-15/h3,5-6,9,16H,2,4,7-8,10H2,1H3,(H,17,18)(H,19,20). The predicted molar refractivity (Wildman–Crippen MR) is 76.7 cm³/mol. The van der Waals surface area contributed by atoms with Crippen LogP contribution in [0.1, 0.15) is 31.7 Å². The van der Waals surface area contributed by atoms with Crippen molar-refractivity contribution in [1.29, 1.82) is 0 Å². The maximum Gasteiger partial charge on any atom is 0.323 e. The van der Waals surface area contributed by atoms with Crippen molar-refractivity contribution in [1.82, 2.24) is 5.32 Å². The lowest BCUT2D eigenvalue weighted by atomic mass is 9.77. The van der Waals surface area contributed by atoms with Gasteiger partial charge in [0, 0.05) is 5.69 Å². The van der Waals surface area contributed by atoms with E-state index in [2.05, 4.69) is 17.6 Å². The molecule has 2 rings (SSSR count). The van der Waals surface area contributed by atoms with Crippen LogP contribution >= 0.6 is 0 Å². The molecule has 0 atom stereocenters. The summed E-state index contributed by atoms with van der Waals surface area (Å²) in [7, 11) is 0. The van der Waals surface area contributed by atoms with Gasteiger partial charge >= 0.3 is 5.97 Å². The third-order valence-electron chi connectivity index (χ3n) is 3.82. The number of carbonyl (C=O) groups excluding carboxylic acids is 1. The van der Waals surface area contributed by atoms with E-state index >= 15 is 0 Å². The number of amides is 1. The van der Waals surface area contributed by atoms with Crippen molar-refractivity contribution in [3.8, 4) is 0 Å². The first-order chi connectivity index (χ1) is 9.55. The maximum atomic E-state index is 11.9. The molecule has 20 heavy (non-hydrogen) atoms. The van der Waals surface area contributed by atoms with E-state index in [1.807, 2.05) is 24.3 Å². The molecule has 0 radical (unpaired) electrons. The van der Waals surface area contributed by atoms with Crippen molar-refractivity contribution in [3.05, 3.63) is 29.8 Å². The van der Waals surface area contributed by atoms with Gasteiger partial charge in [0.05, 0.1) is 6.54 Å². The Morgan fingerprint density at radius 3 is 2.65 bits per heavy atom. The number of anilines is 1. The lowest BCUT2D eigenvalue weighted by molar-refractivity contribution is -0.148. The summed E-state index contributed by atoms with van der Waals surface area (Å²) in [6, 6.07) is 7.65. The average molecular weight is 276 g/mol. The number of aliphatic carboxylic acids is 1. The molecule has 5 nitrogen and oxygen atoms in total. The zero-order valence-corrected chi connectivity index (χ0v) is 11.6. The Balaban J connectivity index is 1.87. The molecule has 0 bridgehead atoms. The van der Waals surface area contributed by atoms with E-state index in [-0.39, 0.29) is 12.5 Å². The largest absolute Gasteiger partial charge is 0.480 e. The Bertz CT molecular complexity index is 510. The number of rotatable bonds is 6. The molecule has 1 amide bonds. The van der Waals surface area contributed by atoms with Crippen molar-refractivity contribution in [2.45, 2.75) is 38.1 Å². The molecule has 0 unspecified atom stereocenters. The molecule has 3 N–H and O–H groups in total. The second-order valence-corrected chi connectivity index (χ2v) is 5.20. The molecule has 1 aromatic carbocycles. The second-order valence-electron chi connectivity index (χ2n) is 5.20. The number of hydrogen-bond donors (Lipinski definition) is 3. The van der Waals surface area contributed by atoms with Crippen LogP contribution in [0.2, 0.25) is 0 Å². The molecular formula is C15H20N2O3.